The monoisotopic (exact) mass is 583 g/mol. The number of hydrogen-bond donors (Lipinski definition) is 2. The van der Waals surface area contributed by atoms with Crippen molar-refractivity contribution in [2.45, 2.75) is 0 Å². The van der Waals surface area contributed by atoms with Crippen molar-refractivity contribution in [1.82, 2.24) is 9.55 Å². The Hall–Kier alpha value is -5.24. The fourth-order valence-electron chi connectivity index (χ4n) is 4.53. The zero-order chi connectivity index (χ0) is 30.2. The Morgan fingerprint density at radius 2 is 1.49 bits per heavy atom. The van der Waals surface area contributed by atoms with Crippen molar-refractivity contribution >= 4 is 33.8 Å². The normalized spacial score (nSPS) is 11.7. The molecule has 0 atom stereocenters. The second-order valence-corrected chi connectivity index (χ2v) is 9.39. The molecule has 0 saturated carbocycles. The highest BCUT2D eigenvalue weighted by Crippen LogP contribution is 2.31. The number of aromatic nitrogens is 2. The van der Waals surface area contributed by atoms with Crippen LogP contribution in [0.3, 0.4) is 0 Å². The Labute approximate surface area is 245 Å². The number of hydrogen-bond acceptors (Lipinski definition) is 10. The number of nitro groups is 2. The lowest BCUT2D eigenvalue weighted by Crippen LogP contribution is -2.16. The fraction of sp³-hybridized carbons (Fsp3) is 0.200. The van der Waals surface area contributed by atoms with Crippen LogP contribution < -0.4 is 16.4 Å². The largest absolute Gasteiger partial charge is 0.378 e. The van der Waals surface area contributed by atoms with Gasteiger partial charge in [0, 0.05) is 42.2 Å². The molecule has 43 heavy (non-hydrogen) atoms. The van der Waals surface area contributed by atoms with Gasteiger partial charge < -0.3 is 25.1 Å². The summed E-state index contributed by atoms with van der Waals surface area (Å²) in [4.78, 5) is 31.2. The van der Waals surface area contributed by atoms with Gasteiger partial charge in [0.2, 0.25) is 0 Å². The minimum Gasteiger partial charge on any atom is -0.378 e. The predicted molar refractivity (Wildman–Crippen MR) is 162 cm³/mol. The van der Waals surface area contributed by atoms with E-state index in [0.29, 0.717) is 61.9 Å². The van der Waals surface area contributed by atoms with Crippen LogP contribution in [0.1, 0.15) is 0 Å². The molecule has 0 fully saturated rings. The van der Waals surface area contributed by atoms with E-state index < -0.39 is 9.85 Å². The number of fused-ring (bicyclic) bond motifs is 2. The van der Waals surface area contributed by atoms with Crippen molar-refractivity contribution in [3.05, 3.63) is 111 Å². The van der Waals surface area contributed by atoms with Gasteiger partial charge in [-0.1, -0.05) is 12.1 Å². The van der Waals surface area contributed by atoms with Crippen molar-refractivity contribution < 1.29 is 19.3 Å². The molecule has 0 bridgehead atoms. The average Bonchev–Trinajstić information content (AvgIpc) is 3.01. The van der Waals surface area contributed by atoms with Gasteiger partial charge in [-0.3, -0.25) is 25.2 Å². The molecule has 13 nitrogen and oxygen atoms in total. The maximum atomic E-state index is 11.3. The molecule has 3 aromatic carbocycles. The van der Waals surface area contributed by atoms with Crippen LogP contribution in [0.2, 0.25) is 0 Å². The fourth-order valence-corrected chi connectivity index (χ4v) is 4.53. The molecule has 1 heterocycles. The molecular weight excluding hydrogens is 554 g/mol. The number of nitrogens with two attached hydrogens (primary N) is 1. The van der Waals surface area contributed by atoms with E-state index in [1.54, 1.807) is 24.3 Å². The van der Waals surface area contributed by atoms with Crippen molar-refractivity contribution in [2.75, 3.05) is 44.8 Å². The highest BCUT2D eigenvalue weighted by Gasteiger charge is 2.17. The first-order chi connectivity index (χ1) is 20.9. The molecule has 3 aromatic rings. The Balaban J connectivity index is 1.59. The van der Waals surface area contributed by atoms with E-state index in [9.17, 15) is 20.2 Å². The number of non-ortho nitro benzene ring substituents is 2. The standard InChI is InChI=1S/C30H29N7O6/c31-13-15-42-17-18-43-16-14-32-26-20-30-28(19-27(26)33-21-5-7-23(8-6-21)36(38)39)34-25-3-1-2-4-29(25)35(30)22-9-11-24(12-10-22)37(40)41/h1-12,19-20,33H,13-18,31H2. The van der Waals surface area contributed by atoms with Crippen molar-refractivity contribution in [1.29, 1.82) is 0 Å². The van der Waals surface area contributed by atoms with Crippen molar-refractivity contribution in [3.63, 3.8) is 0 Å². The van der Waals surface area contributed by atoms with Gasteiger partial charge in [-0.15, -0.1) is 0 Å². The van der Waals surface area contributed by atoms with E-state index in [2.05, 4.69) is 5.32 Å². The number of anilines is 2. The number of nitrogens with one attached hydrogen (secondary N) is 1. The third-order valence-electron chi connectivity index (χ3n) is 6.53. The molecule has 1 aliphatic heterocycles. The van der Waals surface area contributed by atoms with E-state index in [4.69, 9.17) is 25.2 Å². The topological polar surface area (TPSA) is 173 Å². The summed E-state index contributed by atoms with van der Waals surface area (Å²) in [7, 11) is 0. The van der Waals surface area contributed by atoms with Crippen LogP contribution in [0.4, 0.5) is 22.7 Å². The number of nitrogens with zero attached hydrogens (tertiary/aromatic N) is 5. The molecule has 3 N–H and O–H groups in total. The summed E-state index contributed by atoms with van der Waals surface area (Å²) in [6.45, 7) is 2.49. The van der Waals surface area contributed by atoms with Crippen molar-refractivity contribution in [2.24, 2.45) is 10.7 Å². The zero-order valence-electron chi connectivity index (χ0n) is 23.1. The lowest BCUT2D eigenvalue weighted by Gasteiger charge is -2.20. The van der Waals surface area contributed by atoms with E-state index >= 15 is 0 Å². The maximum Gasteiger partial charge on any atom is 0.269 e. The molecule has 0 spiro atoms. The van der Waals surface area contributed by atoms with Gasteiger partial charge in [0.1, 0.15) is 0 Å². The average molecular weight is 584 g/mol. The summed E-state index contributed by atoms with van der Waals surface area (Å²) in [6, 6.07) is 23.8. The van der Waals surface area contributed by atoms with Gasteiger partial charge >= 0.3 is 0 Å². The number of para-hydroxylation sites is 2. The Morgan fingerprint density at radius 3 is 2.16 bits per heavy atom. The number of rotatable bonds is 13. The van der Waals surface area contributed by atoms with Crippen LogP contribution in [-0.4, -0.2) is 58.9 Å². The van der Waals surface area contributed by atoms with Crippen LogP contribution >= 0.6 is 0 Å². The van der Waals surface area contributed by atoms with Gasteiger partial charge in [0.15, 0.2) is 0 Å². The van der Waals surface area contributed by atoms with Crippen LogP contribution in [0, 0.1) is 20.2 Å². The Bertz CT molecular complexity index is 1770. The number of benzene rings is 4. The molecule has 1 aliphatic carbocycles. The summed E-state index contributed by atoms with van der Waals surface area (Å²) in [5.74, 6) is 0. The van der Waals surface area contributed by atoms with Gasteiger partial charge in [0.05, 0.1) is 76.3 Å². The summed E-state index contributed by atoms with van der Waals surface area (Å²) >= 11 is 0. The van der Waals surface area contributed by atoms with E-state index in [1.165, 1.54) is 24.3 Å². The third kappa shape index (κ3) is 6.98. The first-order valence-corrected chi connectivity index (χ1v) is 13.5. The third-order valence-corrected chi connectivity index (χ3v) is 6.53. The second-order valence-electron chi connectivity index (χ2n) is 9.39. The summed E-state index contributed by atoms with van der Waals surface area (Å²) in [6.07, 6.45) is 0. The van der Waals surface area contributed by atoms with Gasteiger partial charge in [0.25, 0.3) is 11.4 Å². The molecule has 220 valence electrons. The highest BCUT2D eigenvalue weighted by molar-refractivity contribution is 5.84. The first kappa shape index (κ1) is 29.3. The quantitative estimate of drug-likeness (QED) is 0.0870. The molecule has 0 radical (unpaired) electrons. The summed E-state index contributed by atoms with van der Waals surface area (Å²) in [5, 5.41) is 26.3. The molecule has 0 amide bonds. The van der Waals surface area contributed by atoms with E-state index in [1.807, 2.05) is 41.0 Å². The van der Waals surface area contributed by atoms with Gasteiger partial charge in [-0.2, -0.15) is 0 Å². The SMILES string of the molecule is NCCOCCOCCN=c1cc2n(-c3ccc([N+](=O)[O-])cc3)c3ccccc3nc-2cc1Nc1ccc([N+](=O)[O-])cc1. The molecular formula is C30H29N7O6. The maximum absolute atomic E-state index is 11.3. The van der Waals surface area contributed by atoms with Gasteiger partial charge in [-0.25, -0.2) is 4.98 Å². The van der Waals surface area contributed by atoms with Gasteiger partial charge in [-0.05, 0) is 48.5 Å². The molecule has 2 aliphatic rings. The van der Waals surface area contributed by atoms with E-state index in [0.717, 1.165) is 22.4 Å². The Morgan fingerprint density at radius 1 is 0.837 bits per heavy atom. The lowest BCUT2D eigenvalue weighted by molar-refractivity contribution is -0.385. The molecule has 5 rings (SSSR count). The number of ether oxygens (including phenoxy) is 2. The second kappa shape index (κ2) is 13.6. The van der Waals surface area contributed by atoms with Crippen molar-refractivity contribution in [3.8, 4) is 17.1 Å². The van der Waals surface area contributed by atoms with Crippen LogP contribution in [0.5, 0.6) is 0 Å². The molecule has 0 aromatic heterocycles. The predicted octanol–water partition coefficient (Wildman–Crippen LogP) is 4.58. The smallest absolute Gasteiger partial charge is 0.269 e. The minimum absolute atomic E-state index is 0.00859. The van der Waals surface area contributed by atoms with Crippen LogP contribution in [0.15, 0.2) is 89.9 Å². The molecule has 0 unspecified atom stereocenters. The first-order valence-electron chi connectivity index (χ1n) is 13.5. The Kier molecular flexibility index (Phi) is 9.26. The van der Waals surface area contributed by atoms with Crippen LogP contribution in [0.25, 0.3) is 28.1 Å². The summed E-state index contributed by atoms with van der Waals surface area (Å²) in [5.41, 5.74) is 10.3. The minimum atomic E-state index is -0.451. The zero-order valence-corrected chi connectivity index (χ0v) is 23.1. The molecule has 0 saturated heterocycles. The molecule has 13 heteroatoms. The highest BCUT2D eigenvalue weighted by atomic mass is 16.6. The van der Waals surface area contributed by atoms with Crippen LogP contribution in [-0.2, 0) is 9.47 Å². The lowest BCUT2D eigenvalue weighted by atomic mass is 10.1. The number of nitro benzene ring substituents is 2. The summed E-state index contributed by atoms with van der Waals surface area (Å²) < 4.78 is 13.0. The van der Waals surface area contributed by atoms with E-state index in [-0.39, 0.29) is 11.4 Å².